The lowest BCUT2D eigenvalue weighted by molar-refractivity contribution is -0.406. The van der Waals surface area contributed by atoms with Crippen molar-refractivity contribution >= 4 is 0 Å². The lowest BCUT2D eigenvalue weighted by Crippen LogP contribution is -2.56. The first-order valence-electron chi connectivity index (χ1n) is 5.20. The van der Waals surface area contributed by atoms with Crippen LogP contribution in [0.3, 0.4) is 0 Å². The predicted molar refractivity (Wildman–Crippen MR) is 49.8 cm³/mol. The third kappa shape index (κ3) is 1.80. The van der Waals surface area contributed by atoms with Crippen molar-refractivity contribution in [2.75, 3.05) is 0 Å². The van der Waals surface area contributed by atoms with E-state index in [4.69, 9.17) is 18.9 Å². The molecule has 2 saturated heterocycles. The van der Waals surface area contributed by atoms with E-state index in [2.05, 4.69) is 0 Å². The topological polar surface area (TPSA) is 36.9 Å². The average Bonchev–Trinajstić information content (AvgIpc) is 2.11. The quantitative estimate of drug-likeness (QED) is 0.593. The summed E-state index contributed by atoms with van der Waals surface area (Å²) in [6.07, 6.45) is -0.512. The Morgan fingerprint density at radius 2 is 0.714 bits per heavy atom. The highest BCUT2D eigenvalue weighted by molar-refractivity contribution is 4.77. The van der Waals surface area contributed by atoms with Gasteiger partial charge in [0.1, 0.15) is 0 Å². The lowest BCUT2D eigenvalue weighted by Gasteiger charge is -2.44. The van der Waals surface area contributed by atoms with E-state index in [0.717, 1.165) is 0 Å². The molecular weight excluding hydrogens is 184 g/mol. The van der Waals surface area contributed by atoms with Gasteiger partial charge in [-0.25, -0.2) is 0 Å². The fourth-order valence-corrected chi connectivity index (χ4v) is 1.61. The van der Waals surface area contributed by atoms with E-state index in [9.17, 15) is 0 Å². The molecule has 2 heterocycles. The predicted octanol–water partition coefficient (Wildman–Crippen LogP) is 1.29. The smallest absolute Gasteiger partial charge is 0.210 e. The molecule has 0 bridgehead atoms. The lowest BCUT2D eigenvalue weighted by atomic mass is 10.2. The first-order chi connectivity index (χ1) is 6.58. The minimum atomic E-state index is -0.368. The van der Waals surface area contributed by atoms with Gasteiger partial charge in [0.05, 0.1) is 24.4 Å². The summed E-state index contributed by atoms with van der Waals surface area (Å²) in [6.45, 7) is 7.92. The molecule has 2 aliphatic heterocycles. The first-order valence-corrected chi connectivity index (χ1v) is 5.20. The van der Waals surface area contributed by atoms with Crippen molar-refractivity contribution in [2.45, 2.75) is 64.7 Å². The van der Waals surface area contributed by atoms with E-state index in [0.29, 0.717) is 0 Å². The van der Waals surface area contributed by atoms with Crippen LogP contribution in [-0.4, -0.2) is 37.0 Å². The van der Waals surface area contributed by atoms with E-state index in [1.165, 1.54) is 0 Å². The highest BCUT2D eigenvalue weighted by atomic mass is 16.8. The molecule has 4 heteroatoms. The van der Waals surface area contributed by atoms with Gasteiger partial charge >= 0.3 is 0 Å². The molecule has 0 saturated carbocycles. The van der Waals surface area contributed by atoms with Crippen LogP contribution in [0.1, 0.15) is 27.7 Å². The molecule has 2 fully saturated rings. The molecule has 0 aromatic rings. The van der Waals surface area contributed by atoms with Crippen LogP contribution in [0, 0.1) is 0 Å². The van der Waals surface area contributed by atoms with Crippen LogP contribution >= 0.6 is 0 Å². The molecule has 2 aliphatic rings. The zero-order chi connectivity index (χ0) is 10.3. The van der Waals surface area contributed by atoms with E-state index in [1.54, 1.807) is 0 Å². The van der Waals surface area contributed by atoms with Crippen LogP contribution in [0.15, 0.2) is 0 Å². The van der Waals surface area contributed by atoms with Crippen molar-refractivity contribution in [1.82, 2.24) is 0 Å². The van der Waals surface area contributed by atoms with E-state index < -0.39 is 0 Å². The van der Waals surface area contributed by atoms with Gasteiger partial charge in [-0.05, 0) is 27.7 Å². The molecule has 0 aliphatic carbocycles. The van der Waals surface area contributed by atoms with Crippen LogP contribution < -0.4 is 0 Å². The van der Waals surface area contributed by atoms with Crippen LogP contribution in [0.5, 0.6) is 0 Å². The van der Waals surface area contributed by atoms with Gasteiger partial charge in [0.25, 0.3) is 0 Å². The minimum Gasteiger partial charge on any atom is -0.342 e. The second-order valence-corrected chi connectivity index (χ2v) is 4.10. The molecule has 0 aromatic heterocycles. The van der Waals surface area contributed by atoms with Crippen LogP contribution in [0.4, 0.5) is 0 Å². The Bertz CT molecular complexity index is 166. The summed E-state index contributed by atoms with van der Waals surface area (Å²) in [5.74, 6) is 0. The highest BCUT2D eigenvalue weighted by Crippen LogP contribution is 2.28. The maximum atomic E-state index is 5.65. The van der Waals surface area contributed by atoms with Gasteiger partial charge in [-0.2, -0.15) is 0 Å². The van der Waals surface area contributed by atoms with Crippen molar-refractivity contribution in [2.24, 2.45) is 0 Å². The summed E-state index contributed by atoms with van der Waals surface area (Å²) < 4.78 is 22.6. The summed E-state index contributed by atoms with van der Waals surface area (Å²) in [7, 11) is 0. The first kappa shape index (κ1) is 10.4. The van der Waals surface area contributed by atoms with Gasteiger partial charge in [0.15, 0.2) is 0 Å². The number of ether oxygens (including phenoxy) is 4. The zero-order valence-corrected chi connectivity index (χ0v) is 9.10. The molecule has 0 N–H and O–H groups in total. The van der Waals surface area contributed by atoms with Crippen molar-refractivity contribution in [3.05, 3.63) is 0 Å². The van der Waals surface area contributed by atoms with Crippen molar-refractivity contribution in [3.8, 4) is 0 Å². The summed E-state index contributed by atoms with van der Waals surface area (Å²) in [6, 6.07) is 0. The minimum absolute atomic E-state index is 0.0560. The summed E-state index contributed by atoms with van der Waals surface area (Å²) >= 11 is 0. The average molecular weight is 202 g/mol. The number of fused-ring (bicyclic) bond motifs is 1. The number of hydrogen-bond donors (Lipinski definition) is 0. The van der Waals surface area contributed by atoms with Crippen molar-refractivity contribution in [3.63, 3.8) is 0 Å². The largest absolute Gasteiger partial charge is 0.342 e. The molecule has 0 aromatic carbocycles. The highest BCUT2D eigenvalue weighted by Gasteiger charge is 2.42. The Morgan fingerprint density at radius 3 is 0.929 bits per heavy atom. The summed E-state index contributed by atoms with van der Waals surface area (Å²) in [4.78, 5) is 0. The Labute approximate surface area is 84.5 Å². The van der Waals surface area contributed by atoms with Crippen LogP contribution in [0.25, 0.3) is 0 Å². The van der Waals surface area contributed by atoms with Gasteiger partial charge in [-0.3, -0.25) is 0 Å². The van der Waals surface area contributed by atoms with Gasteiger partial charge in [0, 0.05) is 0 Å². The Morgan fingerprint density at radius 1 is 0.500 bits per heavy atom. The summed E-state index contributed by atoms with van der Waals surface area (Å²) in [5.41, 5.74) is 0. The normalized spacial score (nSPS) is 54.0. The standard InChI is InChI=1S/C10H18O4/c1-5-6(2)12-10-9(11-5)13-7(3)8(4)14-10/h5-10H,1-4H3. The van der Waals surface area contributed by atoms with Crippen molar-refractivity contribution < 1.29 is 18.9 Å². The SMILES string of the molecule is CC1OC2OC(C)C(C)OC2OC1C. The third-order valence-corrected chi connectivity index (χ3v) is 2.94. The maximum absolute atomic E-state index is 5.65. The van der Waals surface area contributed by atoms with E-state index in [-0.39, 0.29) is 37.0 Å². The molecular formula is C10H18O4. The second kappa shape index (κ2) is 3.77. The maximum Gasteiger partial charge on any atom is 0.210 e. The molecule has 4 atom stereocenters. The number of rotatable bonds is 0. The molecule has 4 nitrogen and oxygen atoms in total. The van der Waals surface area contributed by atoms with Crippen LogP contribution in [-0.2, 0) is 18.9 Å². The zero-order valence-electron chi connectivity index (χ0n) is 9.10. The Balaban J connectivity index is 2.01. The Hall–Kier alpha value is -0.160. The fourth-order valence-electron chi connectivity index (χ4n) is 1.61. The third-order valence-electron chi connectivity index (χ3n) is 2.94. The van der Waals surface area contributed by atoms with Gasteiger partial charge in [0.2, 0.25) is 12.6 Å². The molecule has 0 spiro atoms. The van der Waals surface area contributed by atoms with Gasteiger partial charge < -0.3 is 18.9 Å². The monoisotopic (exact) mass is 202 g/mol. The molecule has 2 rings (SSSR count). The van der Waals surface area contributed by atoms with Crippen LogP contribution in [0.2, 0.25) is 0 Å². The number of hydrogen-bond acceptors (Lipinski definition) is 4. The molecule has 4 unspecified atom stereocenters. The van der Waals surface area contributed by atoms with Crippen molar-refractivity contribution in [1.29, 1.82) is 0 Å². The van der Waals surface area contributed by atoms with Gasteiger partial charge in [-0.15, -0.1) is 0 Å². The van der Waals surface area contributed by atoms with E-state index in [1.807, 2.05) is 27.7 Å². The fraction of sp³-hybridized carbons (Fsp3) is 1.00. The molecule has 0 radical (unpaired) electrons. The summed E-state index contributed by atoms with van der Waals surface area (Å²) in [5, 5.41) is 0. The molecule has 82 valence electrons. The van der Waals surface area contributed by atoms with E-state index >= 15 is 0 Å². The Kier molecular flexibility index (Phi) is 2.79. The van der Waals surface area contributed by atoms with Gasteiger partial charge in [-0.1, -0.05) is 0 Å². The molecule has 14 heavy (non-hydrogen) atoms. The second-order valence-electron chi connectivity index (χ2n) is 4.10. The molecule has 0 amide bonds.